The number of carboxylic acids is 1. The van der Waals surface area contributed by atoms with Gasteiger partial charge in [-0.25, -0.2) is 26.4 Å². The molecule has 3 aromatic carbocycles. The molecule has 3 aromatic rings. The van der Waals surface area contributed by atoms with Gasteiger partial charge in [0.05, 0.1) is 60.8 Å². The number of esters is 2. The monoisotopic (exact) mass is 1030 g/mol. The van der Waals surface area contributed by atoms with Gasteiger partial charge in [-0.15, -0.1) is 0 Å². The zero-order chi connectivity index (χ0) is 46.2. The van der Waals surface area contributed by atoms with E-state index in [1.165, 1.54) is 24.3 Å². The molecule has 0 atom stereocenters. The van der Waals surface area contributed by atoms with E-state index in [4.69, 9.17) is 64.6 Å². The van der Waals surface area contributed by atoms with Crippen LogP contribution in [-0.4, -0.2) is 128 Å². The number of ether oxygens (including phenoxy) is 1. The first-order valence-electron chi connectivity index (χ1n) is 15.9. The van der Waals surface area contributed by atoms with Crippen molar-refractivity contribution in [2.45, 2.75) is 6.92 Å². The van der Waals surface area contributed by atoms with E-state index >= 15 is 0 Å². The number of hydrogen-bond donors (Lipinski definition) is 3. The Morgan fingerprint density at radius 1 is 0.656 bits per heavy atom. The summed E-state index contributed by atoms with van der Waals surface area (Å²) in [5.41, 5.74) is 6.56. The summed E-state index contributed by atoms with van der Waals surface area (Å²) < 4.78 is 84.7. The maximum Gasteiger partial charge on any atom is 1.00 e. The van der Waals surface area contributed by atoms with Crippen LogP contribution < -0.4 is 57.1 Å². The van der Waals surface area contributed by atoms with Crippen molar-refractivity contribution in [3.8, 4) is 0 Å². The van der Waals surface area contributed by atoms with Crippen LogP contribution in [0.2, 0.25) is 0 Å². The molecule has 0 unspecified atom stereocenters. The molecule has 29 heteroatoms. The zero-order valence-corrected chi connectivity index (χ0v) is 40.8. The summed E-state index contributed by atoms with van der Waals surface area (Å²) in [6.07, 6.45) is 0. The number of benzene rings is 3. The minimum atomic E-state index is -4.44. The molecule has 0 saturated carbocycles. The van der Waals surface area contributed by atoms with Crippen LogP contribution in [0.3, 0.4) is 0 Å². The number of carboxylic acid groups (broad SMARTS) is 1. The quantitative estimate of drug-likeness (QED) is 0.0527. The number of imide groups is 2. The average molecular weight is 1040 g/mol. The molecular formula is C32H31Cl4KN3O17PS3. The van der Waals surface area contributed by atoms with E-state index in [2.05, 4.69) is 4.74 Å². The molecule has 0 aromatic heterocycles. The Labute approximate surface area is 411 Å². The minimum absolute atomic E-state index is 0. The molecule has 0 spiro atoms. The Bertz CT molecular complexity index is 2230. The summed E-state index contributed by atoms with van der Waals surface area (Å²) in [6.45, 7) is 0.426. The van der Waals surface area contributed by atoms with Gasteiger partial charge in [-0.05, 0) is 36.4 Å². The van der Waals surface area contributed by atoms with Gasteiger partial charge in [0.2, 0.25) is 9.05 Å². The third-order valence-electron chi connectivity index (χ3n) is 6.81. The van der Waals surface area contributed by atoms with Crippen molar-refractivity contribution in [3.05, 3.63) is 106 Å². The van der Waals surface area contributed by atoms with Crippen molar-refractivity contribution < 1.29 is 129 Å². The molecule has 0 saturated heterocycles. The first kappa shape index (κ1) is 58.5. The Kier molecular flexibility index (Phi) is 25.9. The molecule has 0 bridgehead atoms. The van der Waals surface area contributed by atoms with Crippen LogP contribution >= 0.6 is 50.4 Å². The van der Waals surface area contributed by atoms with Gasteiger partial charge in [-0.3, -0.25) is 38.3 Å². The van der Waals surface area contributed by atoms with E-state index < -0.39 is 94.9 Å². The van der Waals surface area contributed by atoms with Crippen molar-refractivity contribution in [3.63, 3.8) is 0 Å². The number of amides is 4. The zero-order valence-electron chi connectivity index (χ0n) is 31.3. The van der Waals surface area contributed by atoms with Gasteiger partial charge in [0.15, 0.2) is 5.98 Å². The number of nitrogens with zero attached hydrogens (tertiary/aromatic N) is 2. The van der Waals surface area contributed by atoms with Crippen LogP contribution in [0.1, 0.15) is 69.1 Å². The fraction of sp³-hybridized carbons (Fsp3) is 0.219. The van der Waals surface area contributed by atoms with Crippen LogP contribution in [0.25, 0.3) is 0 Å². The second kappa shape index (κ2) is 27.0. The number of carbonyl (C=O) groups excluding carboxylic acids is 6. The van der Waals surface area contributed by atoms with Gasteiger partial charge in [0.1, 0.15) is 0 Å². The average Bonchev–Trinajstić information content (AvgIpc) is 3.66. The summed E-state index contributed by atoms with van der Waals surface area (Å²) in [5, 5.41) is 7.42. The number of nitrogens with two attached hydrogens (primary N) is 1. The van der Waals surface area contributed by atoms with Crippen molar-refractivity contribution >= 4 is 121 Å². The summed E-state index contributed by atoms with van der Waals surface area (Å²) >= 11 is 14.6. The summed E-state index contributed by atoms with van der Waals surface area (Å²) in [7, 11) is -6.92. The minimum Gasteiger partial charge on any atom is -0.748 e. The van der Waals surface area contributed by atoms with Crippen molar-refractivity contribution in [1.82, 2.24) is 9.80 Å². The SMILES string of the molecule is CC(=O)O.ClP(Cl)Cl.NCCS(=O)(=O)O.O=C1OC(=O)c2ccccc21.O=C1c2ccccc2C(=O)N1CCS(=O)(=O)Cl.O=C1c2ccccc2C(=O)N1CCS(=O)(=O)[O-].[K+]. The van der Waals surface area contributed by atoms with E-state index in [0.717, 1.165) is 16.7 Å². The Morgan fingerprint density at radius 3 is 1.13 bits per heavy atom. The van der Waals surface area contributed by atoms with Gasteiger partial charge < -0.3 is 20.1 Å². The second-order valence-electron chi connectivity index (χ2n) is 11.1. The third-order valence-corrected chi connectivity index (χ3v) is 9.38. The summed E-state index contributed by atoms with van der Waals surface area (Å²) in [4.78, 5) is 79.4. The van der Waals surface area contributed by atoms with E-state index in [1.54, 1.807) is 48.5 Å². The third kappa shape index (κ3) is 21.6. The number of rotatable bonds is 8. The predicted octanol–water partition coefficient (Wildman–Crippen LogP) is 0.534. The molecule has 328 valence electrons. The molecule has 61 heavy (non-hydrogen) atoms. The van der Waals surface area contributed by atoms with E-state index in [0.29, 0.717) is 22.3 Å². The first-order valence-corrected chi connectivity index (χ1v) is 25.6. The topological polar surface area (TPSA) is 327 Å². The maximum atomic E-state index is 11.8. The number of carbonyl (C=O) groups is 7. The van der Waals surface area contributed by atoms with Crippen LogP contribution in [0, 0.1) is 0 Å². The Hall–Kier alpha value is -2.49. The smallest absolute Gasteiger partial charge is 0.748 e. The van der Waals surface area contributed by atoms with E-state index in [1.807, 2.05) is 0 Å². The van der Waals surface area contributed by atoms with E-state index in [-0.39, 0.29) is 81.4 Å². The van der Waals surface area contributed by atoms with Crippen molar-refractivity contribution in [1.29, 1.82) is 0 Å². The summed E-state index contributed by atoms with van der Waals surface area (Å²) in [5.74, 6) is -6.78. The molecule has 4 N–H and O–H groups in total. The largest absolute Gasteiger partial charge is 1.00 e. The number of hydrogen-bond acceptors (Lipinski definition) is 16. The fourth-order valence-electron chi connectivity index (χ4n) is 4.47. The molecular weight excluding hydrogens is 1010 g/mol. The maximum absolute atomic E-state index is 11.8. The van der Waals surface area contributed by atoms with Crippen molar-refractivity contribution in [2.75, 3.05) is 36.9 Å². The van der Waals surface area contributed by atoms with Crippen molar-refractivity contribution in [2.24, 2.45) is 5.73 Å². The number of aliphatic carboxylic acids is 1. The van der Waals surface area contributed by atoms with Gasteiger partial charge >= 0.3 is 63.3 Å². The van der Waals surface area contributed by atoms with Gasteiger partial charge in [-0.2, -0.15) is 8.42 Å². The molecule has 0 aliphatic carbocycles. The van der Waals surface area contributed by atoms with E-state index in [9.17, 15) is 58.6 Å². The molecule has 3 heterocycles. The van der Waals surface area contributed by atoms with Gasteiger partial charge in [-0.1, -0.05) is 70.1 Å². The number of fused-ring (bicyclic) bond motifs is 3. The van der Waals surface area contributed by atoms with Crippen LogP contribution in [0.4, 0.5) is 0 Å². The molecule has 3 aliphatic rings. The van der Waals surface area contributed by atoms with Gasteiger partial charge in [0.25, 0.3) is 39.7 Å². The fourth-order valence-corrected chi connectivity index (χ4v) is 5.78. The standard InChI is InChI=1S/C10H8ClNO4S.C10H9NO5S.C8H4O3.C2H7NO3S.C2H4O2.Cl3P.K/c11-17(15,16)6-5-12-9(13)7-3-1-2-4-8(7)10(12)14;12-9-7-3-1-2-4-8(7)10(13)11(9)5-6-17(14,15)16;9-7-5-3-1-2-4-6(5)8(10)11-7;3-1-2-7(4,5)6;1-2(3)4;1-4(2)3;/h1-4H,5-6H2;1-4H,5-6H2,(H,14,15,16);1-4H;1-3H2,(H,4,5,6);1H3,(H,3,4);;/q;;;;;;+1/p-1. The molecule has 4 amide bonds. The number of halogens is 4. The number of cyclic esters (lactones) is 2. The molecule has 20 nitrogen and oxygen atoms in total. The molecule has 0 radical (unpaired) electrons. The Balaban J connectivity index is 0.000000765. The van der Waals surface area contributed by atoms with Crippen LogP contribution in [-0.2, 0) is 38.8 Å². The predicted molar refractivity (Wildman–Crippen MR) is 217 cm³/mol. The van der Waals surface area contributed by atoms with Gasteiger partial charge in [0, 0.05) is 37.2 Å². The molecule has 3 aliphatic heterocycles. The van der Waals surface area contributed by atoms with Crippen LogP contribution in [0.15, 0.2) is 72.8 Å². The molecule has 0 fully saturated rings. The summed E-state index contributed by atoms with van der Waals surface area (Å²) in [6, 6.07) is 19.1. The normalized spacial score (nSPS) is 13.5. The second-order valence-corrected chi connectivity index (χ2v) is 22.1. The Morgan fingerprint density at radius 2 is 0.918 bits per heavy atom. The van der Waals surface area contributed by atoms with Crippen LogP contribution in [0.5, 0.6) is 0 Å². The first-order chi connectivity index (χ1) is 27.6. The molecule has 6 rings (SSSR count).